The van der Waals surface area contributed by atoms with Gasteiger partial charge in [0.05, 0.1) is 7.85 Å². The van der Waals surface area contributed by atoms with Gasteiger partial charge in [-0.1, -0.05) is 78.8 Å². The predicted molar refractivity (Wildman–Crippen MR) is 139 cm³/mol. The van der Waals surface area contributed by atoms with Crippen LogP contribution < -0.4 is 0 Å². The lowest BCUT2D eigenvalue weighted by Crippen LogP contribution is -2.45. The fourth-order valence-electron chi connectivity index (χ4n) is 10.8. The van der Waals surface area contributed by atoms with Crippen molar-refractivity contribution in [3.8, 4) is 0 Å². The summed E-state index contributed by atoms with van der Waals surface area (Å²) in [6.07, 6.45) is 29.9. The molecule has 2 fully saturated rings. The van der Waals surface area contributed by atoms with Crippen LogP contribution in [0.5, 0.6) is 0 Å². The van der Waals surface area contributed by atoms with Gasteiger partial charge < -0.3 is 0 Å². The van der Waals surface area contributed by atoms with Crippen LogP contribution in [0.15, 0.2) is 34.4 Å². The third-order valence-electron chi connectivity index (χ3n) is 11.8. The highest BCUT2D eigenvalue weighted by molar-refractivity contribution is 6.13. The lowest BCUT2D eigenvalue weighted by Gasteiger charge is -2.53. The Balaban J connectivity index is 1.41. The van der Waals surface area contributed by atoms with Gasteiger partial charge in [-0.15, -0.1) is 0 Å². The second-order valence-electron chi connectivity index (χ2n) is 13.2. The number of hydrogen-bond acceptors (Lipinski definition) is 0. The van der Waals surface area contributed by atoms with Gasteiger partial charge >= 0.3 is 0 Å². The van der Waals surface area contributed by atoms with Gasteiger partial charge in [0.1, 0.15) is 0 Å². The number of rotatable bonds is 2. The average molecular weight is 441 g/mol. The van der Waals surface area contributed by atoms with Crippen LogP contribution in [0, 0.1) is 47.3 Å². The van der Waals surface area contributed by atoms with E-state index >= 15 is 0 Å². The fraction of sp³-hybridized carbons (Fsp3) is 0.812. The van der Waals surface area contributed by atoms with E-state index in [9.17, 15) is 0 Å². The van der Waals surface area contributed by atoms with Gasteiger partial charge in [-0.2, -0.15) is 0 Å². The van der Waals surface area contributed by atoms with Gasteiger partial charge in [0.2, 0.25) is 0 Å². The minimum Gasteiger partial charge on any atom is -0.0882 e. The SMILES string of the molecule is [B]C1CCC2C3=C1CCCC3C1=C2C(C2C=CCCC2)C2CCCCC2C1C1CCCCC1. The summed E-state index contributed by atoms with van der Waals surface area (Å²) in [6.45, 7) is 0. The van der Waals surface area contributed by atoms with E-state index in [2.05, 4.69) is 23.3 Å². The van der Waals surface area contributed by atoms with Crippen molar-refractivity contribution in [2.24, 2.45) is 47.3 Å². The van der Waals surface area contributed by atoms with Crippen LogP contribution in [-0.4, -0.2) is 7.85 Å². The zero-order chi connectivity index (χ0) is 21.9. The van der Waals surface area contributed by atoms with Gasteiger partial charge in [0.15, 0.2) is 0 Å². The third kappa shape index (κ3) is 3.37. The summed E-state index contributed by atoms with van der Waals surface area (Å²) in [5.41, 5.74) is 7.83. The zero-order valence-corrected chi connectivity index (χ0v) is 20.9. The molecule has 2 radical (unpaired) electrons. The molecule has 0 bridgehead atoms. The molecular weight excluding hydrogens is 395 g/mol. The van der Waals surface area contributed by atoms with Crippen molar-refractivity contribution < 1.29 is 0 Å². The lowest BCUT2D eigenvalue weighted by atomic mass is 9.51. The van der Waals surface area contributed by atoms with Crippen LogP contribution in [0.25, 0.3) is 0 Å². The average Bonchev–Trinajstić information content (AvgIpc) is 3.21. The third-order valence-corrected chi connectivity index (χ3v) is 11.8. The predicted octanol–water partition coefficient (Wildman–Crippen LogP) is 8.75. The first-order valence-corrected chi connectivity index (χ1v) is 15.2. The summed E-state index contributed by atoms with van der Waals surface area (Å²) in [6, 6.07) is 0. The quantitative estimate of drug-likeness (QED) is 0.297. The first kappa shape index (κ1) is 21.6. The molecular formula is C32H45B. The van der Waals surface area contributed by atoms with Gasteiger partial charge in [0.25, 0.3) is 0 Å². The van der Waals surface area contributed by atoms with Crippen LogP contribution in [0.4, 0.5) is 0 Å². The molecule has 0 aromatic heterocycles. The Hall–Kier alpha value is -0.715. The monoisotopic (exact) mass is 440 g/mol. The maximum Gasteiger partial charge on any atom is 0.0759 e. The van der Waals surface area contributed by atoms with Gasteiger partial charge in [-0.05, 0) is 106 Å². The summed E-state index contributed by atoms with van der Waals surface area (Å²) in [7, 11) is 6.82. The Morgan fingerprint density at radius 2 is 1.33 bits per heavy atom. The first-order chi connectivity index (χ1) is 16.3. The van der Waals surface area contributed by atoms with Crippen molar-refractivity contribution in [3.63, 3.8) is 0 Å². The summed E-state index contributed by atoms with van der Waals surface area (Å²) in [5, 5.41) is 0. The Morgan fingerprint density at radius 3 is 2.12 bits per heavy atom. The Bertz CT molecular complexity index is 854. The minimum absolute atomic E-state index is 0.379. The molecule has 0 heterocycles. The second kappa shape index (κ2) is 8.74. The normalized spacial score (nSPS) is 45.6. The lowest BCUT2D eigenvalue weighted by molar-refractivity contribution is 0.0507. The maximum atomic E-state index is 6.82. The molecule has 0 nitrogen and oxygen atoms in total. The Morgan fingerprint density at radius 1 is 0.606 bits per heavy atom. The van der Waals surface area contributed by atoms with Gasteiger partial charge in [-0.3, -0.25) is 0 Å². The molecule has 176 valence electrons. The molecule has 8 atom stereocenters. The molecule has 33 heavy (non-hydrogen) atoms. The summed E-state index contributed by atoms with van der Waals surface area (Å²) < 4.78 is 0. The number of hydrogen-bond donors (Lipinski definition) is 0. The van der Waals surface area contributed by atoms with Crippen LogP contribution in [0.1, 0.15) is 109 Å². The molecule has 0 saturated heterocycles. The standard InChI is InChI=1S/C32H45B/c33-27-19-18-26-30-24(27)16-9-17-25(30)31-28(20-10-3-1-4-11-20)22-14-7-8-15-23(22)29(32(26)31)21-12-5-2-6-13-21/h5,12,20-23,25-29H,1-4,6-11,13-19H2. The van der Waals surface area contributed by atoms with E-state index in [1.165, 1.54) is 103 Å². The first-order valence-electron chi connectivity index (χ1n) is 15.2. The minimum atomic E-state index is 0.379. The van der Waals surface area contributed by atoms with Gasteiger partial charge in [0, 0.05) is 11.8 Å². The Kier molecular flexibility index (Phi) is 5.71. The topological polar surface area (TPSA) is 0 Å². The number of fused-ring (bicyclic) bond motifs is 3. The van der Waals surface area contributed by atoms with E-state index in [-0.39, 0.29) is 0 Å². The molecule has 0 amide bonds. The van der Waals surface area contributed by atoms with Crippen molar-refractivity contribution in [1.29, 1.82) is 0 Å². The van der Waals surface area contributed by atoms with Gasteiger partial charge in [-0.25, -0.2) is 0 Å². The zero-order valence-electron chi connectivity index (χ0n) is 20.9. The molecule has 8 unspecified atom stereocenters. The number of allylic oxidation sites excluding steroid dienone is 6. The van der Waals surface area contributed by atoms with Crippen molar-refractivity contribution >= 4 is 7.85 Å². The fourth-order valence-corrected chi connectivity index (χ4v) is 10.8. The van der Waals surface area contributed by atoms with E-state index in [1.807, 2.05) is 5.57 Å². The largest absolute Gasteiger partial charge is 0.0882 e. The van der Waals surface area contributed by atoms with Crippen LogP contribution >= 0.6 is 0 Å². The van der Waals surface area contributed by atoms with Crippen LogP contribution in [0.2, 0.25) is 5.82 Å². The van der Waals surface area contributed by atoms with Crippen molar-refractivity contribution in [2.45, 2.75) is 115 Å². The highest BCUT2D eigenvalue weighted by Gasteiger charge is 2.56. The van der Waals surface area contributed by atoms with E-state index in [1.54, 1.807) is 12.0 Å². The van der Waals surface area contributed by atoms with E-state index in [0.29, 0.717) is 5.82 Å². The highest BCUT2D eigenvalue weighted by Crippen LogP contribution is 2.67. The summed E-state index contributed by atoms with van der Waals surface area (Å²) in [4.78, 5) is 0. The highest BCUT2D eigenvalue weighted by atomic mass is 14.6. The Labute approximate surface area is 204 Å². The summed E-state index contributed by atoms with van der Waals surface area (Å²) >= 11 is 0. The van der Waals surface area contributed by atoms with Crippen LogP contribution in [-0.2, 0) is 0 Å². The molecule has 0 aromatic rings. The van der Waals surface area contributed by atoms with E-state index in [4.69, 9.17) is 7.85 Å². The van der Waals surface area contributed by atoms with Crippen molar-refractivity contribution in [3.05, 3.63) is 34.4 Å². The second-order valence-corrected chi connectivity index (χ2v) is 13.2. The molecule has 7 aliphatic rings. The molecule has 0 aliphatic heterocycles. The van der Waals surface area contributed by atoms with Crippen LogP contribution in [0.3, 0.4) is 0 Å². The van der Waals surface area contributed by atoms with Crippen molar-refractivity contribution in [1.82, 2.24) is 0 Å². The molecule has 7 aliphatic carbocycles. The molecule has 0 aromatic carbocycles. The summed E-state index contributed by atoms with van der Waals surface area (Å²) in [5.74, 6) is 7.62. The smallest absolute Gasteiger partial charge is 0.0759 e. The molecule has 2 saturated carbocycles. The van der Waals surface area contributed by atoms with E-state index in [0.717, 1.165) is 47.3 Å². The van der Waals surface area contributed by atoms with E-state index < -0.39 is 0 Å². The maximum absolute atomic E-state index is 6.82. The van der Waals surface area contributed by atoms with Crippen molar-refractivity contribution in [2.75, 3.05) is 0 Å². The molecule has 7 rings (SSSR count). The molecule has 0 spiro atoms. The molecule has 1 heteroatoms. The molecule has 0 N–H and O–H groups in total.